The SMILES string of the molecule is c1ccc(-c2cccc3c2sc2c(-c4cc(-c5cnc6c7ccccc7c7ccccc7c6n5)cc(-c5cccc6c5sc5c(-c7ccccc7)cccc56)c4)cccc23)cc1. The van der Waals surface area contributed by atoms with Crippen LogP contribution in [-0.4, -0.2) is 9.97 Å². The van der Waals surface area contributed by atoms with E-state index in [9.17, 15) is 0 Å². The van der Waals surface area contributed by atoms with Crippen molar-refractivity contribution in [1.29, 1.82) is 0 Å². The molecule has 4 heteroatoms. The lowest BCUT2D eigenvalue weighted by Gasteiger charge is -2.14. The quantitative estimate of drug-likeness (QED) is 0.162. The predicted molar refractivity (Wildman–Crippen MR) is 268 cm³/mol. The molecular weight excluding hydrogens is 789 g/mol. The summed E-state index contributed by atoms with van der Waals surface area (Å²) in [5, 5.41) is 9.73. The highest BCUT2D eigenvalue weighted by Crippen LogP contribution is 2.48. The molecule has 0 saturated carbocycles. The first-order chi connectivity index (χ1) is 30.7. The van der Waals surface area contributed by atoms with Gasteiger partial charge in [0.25, 0.3) is 0 Å². The van der Waals surface area contributed by atoms with Crippen molar-refractivity contribution in [2.75, 3.05) is 0 Å². The highest BCUT2D eigenvalue weighted by Gasteiger charge is 2.19. The molecule has 0 saturated heterocycles. The smallest absolute Gasteiger partial charge is 0.0979 e. The van der Waals surface area contributed by atoms with Gasteiger partial charge >= 0.3 is 0 Å². The average Bonchev–Trinajstić information content (AvgIpc) is 3.93. The fourth-order valence-corrected chi connectivity index (χ4v) is 12.4. The number of rotatable bonds is 5. The van der Waals surface area contributed by atoms with Crippen LogP contribution in [0.3, 0.4) is 0 Å². The lowest BCUT2D eigenvalue weighted by molar-refractivity contribution is 1.31. The third-order valence-corrected chi connectivity index (χ3v) is 15.1. The Morgan fingerprint density at radius 3 is 1.08 bits per heavy atom. The van der Waals surface area contributed by atoms with E-state index in [1.54, 1.807) is 0 Å². The van der Waals surface area contributed by atoms with Gasteiger partial charge in [-0.1, -0.05) is 182 Å². The second-order valence-corrected chi connectivity index (χ2v) is 18.0. The van der Waals surface area contributed by atoms with Crippen LogP contribution in [0.4, 0.5) is 0 Å². The Balaban J connectivity index is 1.08. The maximum absolute atomic E-state index is 5.52. The molecule has 0 spiro atoms. The highest BCUT2D eigenvalue weighted by molar-refractivity contribution is 7.27. The minimum Gasteiger partial charge on any atom is -0.252 e. The van der Waals surface area contributed by atoms with E-state index in [4.69, 9.17) is 9.97 Å². The molecule has 3 aromatic heterocycles. The van der Waals surface area contributed by atoms with Crippen LogP contribution in [0, 0.1) is 0 Å². The minimum absolute atomic E-state index is 0.853. The first-order valence-corrected chi connectivity index (χ1v) is 22.6. The van der Waals surface area contributed by atoms with E-state index in [0.29, 0.717) is 0 Å². The van der Waals surface area contributed by atoms with E-state index < -0.39 is 0 Å². The van der Waals surface area contributed by atoms with Crippen LogP contribution in [0.25, 0.3) is 129 Å². The number of fused-ring (bicyclic) bond motifs is 12. The summed E-state index contributed by atoms with van der Waals surface area (Å²) in [7, 11) is 0. The molecule has 0 atom stereocenters. The minimum atomic E-state index is 0.853. The lowest BCUT2D eigenvalue weighted by atomic mass is 9.93. The normalized spacial score (nSPS) is 11.9. The Labute approximate surface area is 365 Å². The van der Waals surface area contributed by atoms with Gasteiger partial charge in [0.1, 0.15) is 0 Å². The molecule has 0 bridgehead atoms. The third kappa shape index (κ3) is 5.47. The van der Waals surface area contributed by atoms with Gasteiger partial charge in [-0.05, 0) is 73.5 Å². The van der Waals surface area contributed by atoms with Gasteiger partial charge in [0.2, 0.25) is 0 Å². The summed E-state index contributed by atoms with van der Waals surface area (Å²) < 4.78 is 5.18. The van der Waals surface area contributed by atoms with Crippen LogP contribution >= 0.6 is 22.7 Å². The van der Waals surface area contributed by atoms with Crippen molar-refractivity contribution in [2.45, 2.75) is 0 Å². The first-order valence-electron chi connectivity index (χ1n) is 21.0. The maximum Gasteiger partial charge on any atom is 0.0979 e. The molecule has 0 aliphatic carbocycles. The van der Waals surface area contributed by atoms with Crippen molar-refractivity contribution in [3.8, 4) is 55.8 Å². The van der Waals surface area contributed by atoms with E-state index in [1.807, 2.05) is 28.9 Å². The van der Waals surface area contributed by atoms with Crippen molar-refractivity contribution in [3.05, 3.63) is 206 Å². The number of benzene rings is 10. The standard InChI is InChI=1S/C58H34N2S2/c1-3-15-35(16-4-1)40-23-11-27-48-50-29-13-25-42(57(50)61-55(40)48)37-31-38(43-26-14-30-51-49-28-12-24-41(56(49)62-58(43)51)36-17-5-2-6-18-36)33-39(32-37)52-34-59-53-46-21-9-7-19-44(46)45-20-8-10-22-47(45)54(53)60-52/h1-34H. The van der Waals surface area contributed by atoms with Gasteiger partial charge in [-0.2, -0.15) is 0 Å². The molecule has 0 radical (unpaired) electrons. The molecule has 0 unspecified atom stereocenters. The van der Waals surface area contributed by atoms with Crippen LogP contribution in [0.2, 0.25) is 0 Å². The van der Waals surface area contributed by atoms with Gasteiger partial charge in [-0.15, -0.1) is 22.7 Å². The van der Waals surface area contributed by atoms with Crippen molar-refractivity contribution in [1.82, 2.24) is 9.97 Å². The van der Waals surface area contributed by atoms with Gasteiger partial charge in [-0.25, -0.2) is 4.98 Å². The number of nitrogens with zero attached hydrogens (tertiary/aromatic N) is 2. The van der Waals surface area contributed by atoms with Crippen LogP contribution in [-0.2, 0) is 0 Å². The Hall–Kier alpha value is -7.50. The highest BCUT2D eigenvalue weighted by atomic mass is 32.1. The zero-order valence-corrected chi connectivity index (χ0v) is 35.0. The number of thiophene rings is 2. The molecule has 0 fully saturated rings. The van der Waals surface area contributed by atoms with Crippen LogP contribution in [0.5, 0.6) is 0 Å². The van der Waals surface area contributed by atoms with Crippen LogP contribution < -0.4 is 0 Å². The summed E-state index contributed by atoms with van der Waals surface area (Å²) in [6.45, 7) is 0. The molecule has 288 valence electrons. The van der Waals surface area contributed by atoms with E-state index in [2.05, 4.69) is 200 Å². The Kier molecular flexibility index (Phi) is 7.99. The summed E-state index contributed by atoms with van der Waals surface area (Å²) in [4.78, 5) is 10.7. The molecule has 0 aliphatic rings. The zero-order chi connectivity index (χ0) is 40.7. The predicted octanol–water partition coefficient (Wildman–Crippen LogP) is 17.0. The topological polar surface area (TPSA) is 25.8 Å². The number of hydrogen-bond acceptors (Lipinski definition) is 4. The van der Waals surface area contributed by atoms with E-state index in [-0.39, 0.29) is 0 Å². The molecule has 62 heavy (non-hydrogen) atoms. The number of hydrogen-bond donors (Lipinski definition) is 0. The third-order valence-electron chi connectivity index (χ3n) is 12.5. The monoisotopic (exact) mass is 822 g/mol. The Morgan fingerprint density at radius 2 is 0.629 bits per heavy atom. The van der Waals surface area contributed by atoms with Crippen molar-refractivity contribution >= 4 is 95.6 Å². The lowest BCUT2D eigenvalue weighted by Crippen LogP contribution is -1.93. The van der Waals surface area contributed by atoms with Gasteiger partial charge in [0.15, 0.2) is 0 Å². The second-order valence-electron chi connectivity index (χ2n) is 16.0. The van der Waals surface area contributed by atoms with E-state index >= 15 is 0 Å². The second kappa shape index (κ2) is 14.0. The molecule has 13 aromatic rings. The summed E-state index contributed by atoms with van der Waals surface area (Å²) in [5.41, 5.74) is 13.5. The van der Waals surface area contributed by atoms with Crippen LogP contribution in [0.15, 0.2) is 206 Å². The largest absolute Gasteiger partial charge is 0.252 e. The maximum atomic E-state index is 5.52. The fourth-order valence-electron chi connectivity index (χ4n) is 9.63. The number of aromatic nitrogens is 2. The molecule has 3 heterocycles. The molecule has 10 aromatic carbocycles. The summed E-state index contributed by atoms with van der Waals surface area (Å²) in [5.74, 6) is 0. The van der Waals surface area contributed by atoms with Crippen molar-refractivity contribution < 1.29 is 0 Å². The van der Waals surface area contributed by atoms with Gasteiger partial charge in [-0.3, -0.25) is 4.98 Å². The molecule has 13 rings (SSSR count). The van der Waals surface area contributed by atoms with Crippen molar-refractivity contribution in [3.63, 3.8) is 0 Å². The molecule has 0 aliphatic heterocycles. The fraction of sp³-hybridized carbons (Fsp3) is 0. The molecule has 0 N–H and O–H groups in total. The first kappa shape index (κ1) is 35.3. The molecule has 2 nitrogen and oxygen atoms in total. The Bertz CT molecular complexity index is 3710. The Morgan fingerprint density at radius 1 is 0.274 bits per heavy atom. The van der Waals surface area contributed by atoms with Gasteiger partial charge in [0.05, 0.1) is 22.9 Å². The van der Waals surface area contributed by atoms with Gasteiger partial charge < -0.3 is 0 Å². The summed E-state index contributed by atoms with van der Waals surface area (Å²) in [6, 6.07) is 72.8. The summed E-state index contributed by atoms with van der Waals surface area (Å²) in [6.07, 6.45) is 1.98. The molecule has 0 amide bonds. The molecular formula is C58H34N2S2. The average molecular weight is 823 g/mol. The van der Waals surface area contributed by atoms with E-state index in [1.165, 1.54) is 84.5 Å². The van der Waals surface area contributed by atoms with Gasteiger partial charge in [0, 0.05) is 56.7 Å². The zero-order valence-electron chi connectivity index (χ0n) is 33.3. The van der Waals surface area contributed by atoms with Crippen LogP contribution in [0.1, 0.15) is 0 Å². The van der Waals surface area contributed by atoms with Crippen molar-refractivity contribution in [2.24, 2.45) is 0 Å². The van der Waals surface area contributed by atoms with E-state index in [0.717, 1.165) is 44.2 Å². The summed E-state index contributed by atoms with van der Waals surface area (Å²) >= 11 is 3.78.